The number of oxime groups is 1. The van der Waals surface area contributed by atoms with Crippen LogP contribution >= 0.6 is 24.0 Å². The summed E-state index contributed by atoms with van der Waals surface area (Å²) >= 11 is 6.61. The Kier molecular flexibility index (Phi) is 10.5. The minimum atomic E-state index is -0.210. The highest BCUT2D eigenvalue weighted by Crippen LogP contribution is 2.34. The molecule has 39 heavy (non-hydrogen) atoms. The second-order valence-corrected chi connectivity index (χ2v) is 9.98. The summed E-state index contributed by atoms with van der Waals surface area (Å²) in [6.07, 6.45) is 3.45. The number of nitrogens with one attached hydrogen (secondary N) is 1. The van der Waals surface area contributed by atoms with E-state index in [0.29, 0.717) is 42.1 Å². The monoisotopic (exact) mass is 573 g/mol. The Bertz CT molecular complexity index is 1420. The van der Waals surface area contributed by atoms with Crippen molar-refractivity contribution in [1.82, 2.24) is 14.5 Å². The molecule has 0 radical (unpaired) electrons. The van der Waals surface area contributed by atoms with Crippen LogP contribution < -0.4 is 10.1 Å². The van der Waals surface area contributed by atoms with Gasteiger partial charge in [-0.2, -0.15) is 0 Å². The number of benzene rings is 2. The van der Waals surface area contributed by atoms with Crippen LogP contribution in [0.3, 0.4) is 0 Å². The molecule has 0 aliphatic rings. The lowest BCUT2D eigenvalue weighted by molar-refractivity contribution is 0.0875. The maximum absolute atomic E-state index is 8.92. The second-order valence-electron chi connectivity index (χ2n) is 9.57. The molecule has 0 unspecified atom stereocenters. The molecule has 0 bridgehead atoms. The van der Waals surface area contributed by atoms with Crippen LogP contribution in [0.2, 0.25) is 5.02 Å². The number of aromatic nitrogens is 3. The zero-order valence-electron chi connectivity index (χ0n) is 22.3. The summed E-state index contributed by atoms with van der Waals surface area (Å²) in [4.78, 5) is 13.9. The van der Waals surface area contributed by atoms with Crippen LogP contribution in [-0.4, -0.2) is 52.3 Å². The van der Waals surface area contributed by atoms with Crippen molar-refractivity contribution in [3.05, 3.63) is 71.6 Å². The van der Waals surface area contributed by atoms with Crippen LogP contribution in [-0.2, 0) is 16.1 Å². The fourth-order valence-corrected chi connectivity index (χ4v) is 4.20. The van der Waals surface area contributed by atoms with Crippen molar-refractivity contribution in [1.29, 1.82) is 0 Å². The lowest BCUT2D eigenvalue weighted by atomic mass is 9.85. The van der Waals surface area contributed by atoms with Gasteiger partial charge in [0.25, 0.3) is 0 Å². The number of halogens is 2. The number of ether oxygens (including phenoxy) is 2. The van der Waals surface area contributed by atoms with Gasteiger partial charge in [0.05, 0.1) is 36.1 Å². The molecule has 0 atom stereocenters. The second kappa shape index (κ2) is 13.6. The van der Waals surface area contributed by atoms with E-state index >= 15 is 0 Å². The van der Waals surface area contributed by atoms with E-state index in [1.54, 1.807) is 13.2 Å². The zero-order chi connectivity index (χ0) is 27.1. The molecule has 2 aromatic heterocycles. The van der Waals surface area contributed by atoms with Crippen LogP contribution in [0.5, 0.6) is 11.5 Å². The third kappa shape index (κ3) is 7.60. The molecule has 0 saturated heterocycles. The van der Waals surface area contributed by atoms with Gasteiger partial charge in [-0.05, 0) is 36.4 Å². The molecule has 0 aliphatic heterocycles. The molecule has 0 aliphatic carbocycles. The number of aliphatic hydroxyl groups excluding tert-OH is 1. The molecule has 0 fully saturated rings. The average molecular weight is 575 g/mol. The number of rotatable bonds is 11. The Hall–Kier alpha value is -3.37. The van der Waals surface area contributed by atoms with E-state index in [1.165, 1.54) is 6.33 Å². The molecule has 0 amide bonds. The molecule has 4 rings (SSSR count). The van der Waals surface area contributed by atoms with Gasteiger partial charge >= 0.3 is 0 Å². The van der Waals surface area contributed by atoms with E-state index in [0.717, 1.165) is 28.0 Å². The number of hydrogen-bond donors (Lipinski definition) is 2. The van der Waals surface area contributed by atoms with Crippen molar-refractivity contribution < 1.29 is 19.4 Å². The quantitative estimate of drug-likeness (QED) is 0.121. The van der Waals surface area contributed by atoms with Gasteiger partial charge in [-0.25, -0.2) is 9.97 Å². The number of hydrogen-bond acceptors (Lipinski definition) is 8. The van der Waals surface area contributed by atoms with Crippen molar-refractivity contribution in [3.63, 3.8) is 0 Å². The maximum Gasteiger partial charge on any atom is 0.158 e. The van der Waals surface area contributed by atoms with Gasteiger partial charge in [-0.15, -0.1) is 12.4 Å². The third-order valence-electron chi connectivity index (χ3n) is 5.69. The molecule has 11 heteroatoms. The van der Waals surface area contributed by atoms with Gasteiger partial charge in [-0.3, -0.25) is 0 Å². The molecule has 208 valence electrons. The molecule has 9 nitrogen and oxygen atoms in total. The molecular formula is C28H33Cl2N5O4. The zero-order valence-corrected chi connectivity index (χ0v) is 23.9. The summed E-state index contributed by atoms with van der Waals surface area (Å²) in [6.45, 7) is 7.60. The van der Waals surface area contributed by atoms with E-state index in [9.17, 15) is 0 Å². The van der Waals surface area contributed by atoms with E-state index in [-0.39, 0.29) is 24.4 Å². The predicted octanol–water partition coefficient (Wildman–Crippen LogP) is 6.45. The smallest absolute Gasteiger partial charge is 0.158 e. The normalized spacial score (nSPS) is 11.8. The van der Waals surface area contributed by atoms with Gasteiger partial charge in [0.1, 0.15) is 30.5 Å². The van der Waals surface area contributed by atoms with E-state index < -0.39 is 0 Å². The van der Waals surface area contributed by atoms with Gasteiger partial charge in [0.15, 0.2) is 5.82 Å². The first-order chi connectivity index (χ1) is 18.3. The molecule has 2 N–H and O–H groups in total. The Morgan fingerprint density at radius 1 is 1.10 bits per heavy atom. The highest BCUT2D eigenvalue weighted by Gasteiger charge is 2.22. The van der Waals surface area contributed by atoms with Crippen molar-refractivity contribution in [2.45, 2.75) is 27.3 Å². The first-order valence-electron chi connectivity index (χ1n) is 12.2. The van der Waals surface area contributed by atoms with Gasteiger partial charge in [-0.1, -0.05) is 49.7 Å². The van der Waals surface area contributed by atoms with Gasteiger partial charge in [0, 0.05) is 29.4 Å². The number of aliphatic hydroxyl groups is 1. The first-order valence-corrected chi connectivity index (χ1v) is 12.6. The SMILES string of the molecule is CO/N=C(\c1cccc(Oc2ccc(Nc3ncnc4ccn(CCOCCO)c34)cc2Cl)c1)C(C)(C)C.Cl. The fraction of sp³-hybridized carbons (Fsp3) is 0.321. The van der Waals surface area contributed by atoms with Crippen LogP contribution in [0, 0.1) is 5.41 Å². The summed E-state index contributed by atoms with van der Waals surface area (Å²) in [6, 6.07) is 15.1. The van der Waals surface area contributed by atoms with Crippen LogP contribution in [0.1, 0.15) is 26.3 Å². The summed E-state index contributed by atoms with van der Waals surface area (Å²) < 4.78 is 13.5. The largest absolute Gasteiger partial charge is 0.456 e. The molecule has 2 heterocycles. The van der Waals surface area contributed by atoms with Gasteiger partial charge < -0.3 is 29.3 Å². The van der Waals surface area contributed by atoms with Gasteiger partial charge in [0.2, 0.25) is 0 Å². The fourth-order valence-electron chi connectivity index (χ4n) is 3.99. The number of anilines is 2. The minimum Gasteiger partial charge on any atom is -0.456 e. The Morgan fingerprint density at radius 3 is 2.64 bits per heavy atom. The van der Waals surface area contributed by atoms with E-state index in [4.69, 9.17) is 31.0 Å². The van der Waals surface area contributed by atoms with E-state index in [2.05, 4.69) is 41.2 Å². The first kappa shape index (κ1) is 30.2. The van der Waals surface area contributed by atoms with Crippen molar-refractivity contribution >= 4 is 52.3 Å². The van der Waals surface area contributed by atoms with Crippen molar-refractivity contribution in [3.8, 4) is 11.5 Å². The Labute approximate surface area is 239 Å². The molecular weight excluding hydrogens is 541 g/mol. The number of nitrogens with zero attached hydrogens (tertiary/aromatic N) is 4. The molecule has 4 aromatic rings. The predicted molar refractivity (Wildman–Crippen MR) is 157 cm³/mol. The lowest BCUT2D eigenvalue weighted by Gasteiger charge is -2.21. The summed E-state index contributed by atoms with van der Waals surface area (Å²) in [7, 11) is 1.54. The van der Waals surface area contributed by atoms with Crippen LogP contribution in [0.25, 0.3) is 11.0 Å². The molecule has 2 aromatic carbocycles. The van der Waals surface area contributed by atoms with Crippen LogP contribution in [0.4, 0.5) is 11.5 Å². The Balaban J connectivity index is 0.00000420. The summed E-state index contributed by atoms with van der Waals surface area (Å²) in [5.41, 5.74) is 3.92. The van der Waals surface area contributed by atoms with Crippen molar-refractivity contribution in [2.75, 3.05) is 32.2 Å². The van der Waals surface area contributed by atoms with Crippen molar-refractivity contribution in [2.24, 2.45) is 10.6 Å². The average Bonchev–Trinajstić information content (AvgIpc) is 3.30. The van der Waals surface area contributed by atoms with E-state index in [1.807, 2.05) is 53.2 Å². The lowest BCUT2D eigenvalue weighted by Crippen LogP contribution is -2.21. The highest BCUT2D eigenvalue weighted by molar-refractivity contribution is 6.32. The van der Waals surface area contributed by atoms with Crippen LogP contribution in [0.15, 0.2) is 66.2 Å². The molecule has 0 spiro atoms. The Morgan fingerprint density at radius 2 is 1.92 bits per heavy atom. The summed E-state index contributed by atoms with van der Waals surface area (Å²) in [5, 5.41) is 16.9. The third-order valence-corrected chi connectivity index (χ3v) is 5.98. The summed E-state index contributed by atoms with van der Waals surface area (Å²) in [5.74, 6) is 1.80. The maximum atomic E-state index is 8.92. The number of fused-ring (bicyclic) bond motifs is 1. The highest BCUT2D eigenvalue weighted by atomic mass is 35.5. The topological polar surface area (TPSA) is 103 Å². The minimum absolute atomic E-state index is 0. The standard InChI is InChI=1S/C28H32ClN5O4.ClH/c1-28(2,3)26(33-36-4)19-6-5-7-21(16-19)38-24-9-8-20(17-22(24)29)32-27-25-23(30-18-31-27)10-11-34(25)12-14-37-15-13-35;/h5-11,16-18,35H,12-15H2,1-4H3,(H,30,31,32);1H/b33-26+;. The molecule has 0 saturated carbocycles.